The predicted molar refractivity (Wildman–Crippen MR) is 63.6 cm³/mol. The van der Waals surface area contributed by atoms with E-state index in [0.29, 0.717) is 5.54 Å². The van der Waals surface area contributed by atoms with Gasteiger partial charge in [-0.3, -0.25) is 0 Å². The Bertz CT molecular complexity index is 263. The highest BCUT2D eigenvalue weighted by atomic mass is 16.4. The van der Waals surface area contributed by atoms with E-state index < -0.39 is 5.97 Å². The van der Waals surface area contributed by atoms with Gasteiger partial charge in [-0.1, -0.05) is 13.8 Å². The normalized spacial score (nSPS) is 42.2. The van der Waals surface area contributed by atoms with E-state index in [4.69, 9.17) is 0 Å². The lowest BCUT2D eigenvalue weighted by Gasteiger charge is -2.52. The molecule has 4 aliphatic rings. The molecule has 0 aromatic rings. The topological polar surface area (TPSA) is 67.8 Å². The fourth-order valence-corrected chi connectivity index (χ4v) is 4.29. The van der Waals surface area contributed by atoms with E-state index in [0.717, 1.165) is 17.8 Å². The third kappa shape index (κ3) is 3.01. The Labute approximate surface area is 104 Å². The van der Waals surface area contributed by atoms with Crippen molar-refractivity contribution in [3.05, 3.63) is 0 Å². The van der Waals surface area contributed by atoms with Crippen LogP contribution >= 0.6 is 0 Å². The molecular formula is C14H25NO2. The molecule has 0 amide bonds. The Morgan fingerprint density at radius 2 is 1.41 bits per heavy atom. The molecule has 0 heterocycles. The summed E-state index contributed by atoms with van der Waals surface area (Å²) in [5.41, 5.74) is 4.98. The van der Waals surface area contributed by atoms with E-state index in [1.54, 1.807) is 33.1 Å². The lowest BCUT2D eigenvalue weighted by Crippen LogP contribution is -2.77. The molecule has 0 spiro atoms. The molecular weight excluding hydrogens is 214 g/mol. The monoisotopic (exact) mass is 239 g/mol. The average molecular weight is 239 g/mol. The Morgan fingerprint density at radius 1 is 1.12 bits per heavy atom. The molecule has 0 aliphatic heterocycles. The highest BCUT2D eigenvalue weighted by Gasteiger charge is 2.51. The number of hydrogen-bond acceptors (Lipinski definition) is 2. The SMILES string of the molecule is CC(C)C(=O)[O-].[NH3+]C12CC3CC(CC(C3)C1)C2. The predicted octanol–water partition coefficient (Wildman–Crippen LogP) is 0.589. The van der Waals surface area contributed by atoms with Crippen molar-refractivity contribution in [1.82, 2.24) is 0 Å². The first kappa shape index (κ1) is 12.9. The van der Waals surface area contributed by atoms with Crippen molar-refractivity contribution in [2.45, 2.75) is 57.9 Å². The van der Waals surface area contributed by atoms with Crippen LogP contribution in [0, 0.1) is 23.7 Å². The number of carboxylic acid groups (broad SMARTS) is 1. The molecule has 98 valence electrons. The molecule has 3 nitrogen and oxygen atoms in total. The van der Waals surface area contributed by atoms with Crippen molar-refractivity contribution in [2.75, 3.05) is 0 Å². The van der Waals surface area contributed by atoms with Gasteiger partial charge in [0.25, 0.3) is 0 Å². The molecule has 0 saturated heterocycles. The van der Waals surface area contributed by atoms with Crippen LogP contribution in [0.1, 0.15) is 52.4 Å². The van der Waals surface area contributed by atoms with E-state index in [9.17, 15) is 9.90 Å². The van der Waals surface area contributed by atoms with Gasteiger partial charge in [-0.05, 0) is 42.9 Å². The van der Waals surface area contributed by atoms with Crippen LogP contribution in [0.15, 0.2) is 0 Å². The molecule has 3 N–H and O–H groups in total. The molecule has 4 rings (SSSR count). The summed E-state index contributed by atoms with van der Waals surface area (Å²) in [6.45, 7) is 3.16. The summed E-state index contributed by atoms with van der Waals surface area (Å²) in [6.07, 6.45) is 9.02. The highest BCUT2D eigenvalue weighted by molar-refractivity contribution is 5.66. The fourth-order valence-electron chi connectivity index (χ4n) is 4.29. The van der Waals surface area contributed by atoms with E-state index in [-0.39, 0.29) is 5.92 Å². The van der Waals surface area contributed by atoms with Crippen LogP contribution < -0.4 is 10.8 Å². The second-order valence-electron chi connectivity index (χ2n) is 6.89. The summed E-state index contributed by atoms with van der Waals surface area (Å²) in [7, 11) is 0. The average Bonchev–Trinajstić information content (AvgIpc) is 2.13. The first-order chi connectivity index (χ1) is 7.88. The number of carboxylic acids is 1. The fraction of sp³-hybridized carbons (Fsp3) is 0.929. The van der Waals surface area contributed by atoms with Gasteiger partial charge in [-0.25, -0.2) is 0 Å². The molecule has 4 aliphatic carbocycles. The molecule has 0 unspecified atom stereocenters. The van der Waals surface area contributed by atoms with Gasteiger partial charge in [0.15, 0.2) is 0 Å². The first-order valence-electron chi connectivity index (χ1n) is 6.94. The maximum atomic E-state index is 9.59. The molecule has 3 heteroatoms. The molecule has 0 aromatic heterocycles. The van der Waals surface area contributed by atoms with Crippen LogP contribution in [0.2, 0.25) is 0 Å². The van der Waals surface area contributed by atoms with Gasteiger partial charge in [0.1, 0.15) is 0 Å². The second-order valence-corrected chi connectivity index (χ2v) is 6.89. The molecule has 17 heavy (non-hydrogen) atoms. The van der Waals surface area contributed by atoms with Crippen LogP contribution in [0.4, 0.5) is 0 Å². The van der Waals surface area contributed by atoms with Crippen molar-refractivity contribution >= 4 is 5.97 Å². The highest BCUT2D eigenvalue weighted by Crippen LogP contribution is 2.53. The summed E-state index contributed by atoms with van der Waals surface area (Å²) in [6, 6.07) is 0. The van der Waals surface area contributed by atoms with Crippen LogP contribution in [0.25, 0.3) is 0 Å². The van der Waals surface area contributed by atoms with E-state index in [1.165, 1.54) is 19.3 Å². The zero-order valence-corrected chi connectivity index (χ0v) is 11.1. The van der Waals surface area contributed by atoms with Crippen molar-refractivity contribution in [3.63, 3.8) is 0 Å². The van der Waals surface area contributed by atoms with Gasteiger partial charge in [-0.2, -0.15) is 0 Å². The number of hydrogen-bond donors (Lipinski definition) is 1. The summed E-state index contributed by atoms with van der Waals surface area (Å²) >= 11 is 0. The molecule has 0 aromatic carbocycles. The number of carbonyl (C=O) groups is 1. The summed E-state index contributed by atoms with van der Waals surface area (Å²) in [4.78, 5) is 9.59. The van der Waals surface area contributed by atoms with Crippen molar-refractivity contribution in [1.29, 1.82) is 0 Å². The summed E-state index contributed by atoms with van der Waals surface area (Å²) < 4.78 is 0. The zero-order valence-electron chi connectivity index (χ0n) is 11.1. The van der Waals surface area contributed by atoms with Crippen molar-refractivity contribution < 1.29 is 15.6 Å². The first-order valence-corrected chi connectivity index (χ1v) is 6.94. The van der Waals surface area contributed by atoms with Crippen LogP contribution in [-0.4, -0.2) is 11.5 Å². The minimum absolute atomic E-state index is 0.343. The minimum atomic E-state index is -0.991. The van der Waals surface area contributed by atoms with Gasteiger partial charge in [0.2, 0.25) is 0 Å². The standard InChI is InChI=1S/C10H17N.C4H8O2/c11-10-4-7-1-8(5-10)3-9(2-7)6-10;1-3(2)4(5)6/h7-9H,1-6,11H2;3H,1-2H3,(H,5,6). The molecule has 4 bridgehead atoms. The molecule has 0 atom stereocenters. The number of carbonyl (C=O) groups excluding carboxylic acids is 1. The lowest BCUT2D eigenvalue weighted by molar-refractivity contribution is -0.504. The third-order valence-corrected chi connectivity index (χ3v) is 4.64. The Balaban J connectivity index is 0.000000157. The van der Waals surface area contributed by atoms with Gasteiger partial charge >= 0.3 is 0 Å². The third-order valence-electron chi connectivity index (χ3n) is 4.64. The summed E-state index contributed by atoms with van der Waals surface area (Å²) in [5.74, 6) is 1.91. The van der Waals surface area contributed by atoms with E-state index in [2.05, 4.69) is 5.73 Å². The Hall–Kier alpha value is -0.570. The molecule has 4 fully saturated rings. The molecule has 4 saturated carbocycles. The maximum absolute atomic E-state index is 9.59. The smallest absolute Gasteiger partial charge is 0.0953 e. The molecule has 0 radical (unpaired) electrons. The second kappa shape index (κ2) is 4.60. The minimum Gasteiger partial charge on any atom is -0.550 e. The van der Waals surface area contributed by atoms with E-state index >= 15 is 0 Å². The van der Waals surface area contributed by atoms with Gasteiger partial charge < -0.3 is 15.6 Å². The largest absolute Gasteiger partial charge is 0.550 e. The van der Waals surface area contributed by atoms with Crippen LogP contribution in [0.3, 0.4) is 0 Å². The quantitative estimate of drug-likeness (QED) is 0.727. The zero-order chi connectivity index (χ0) is 12.6. The number of rotatable bonds is 1. The van der Waals surface area contributed by atoms with Gasteiger partial charge in [0.05, 0.1) is 5.54 Å². The number of aliphatic carboxylic acids is 1. The Morgan fingerprint density at radius 3 is 1.59 bits per heavy atom. The van der Waals surface area contributed by atoms with Crippen molar-refractivity contribution in [3.8, 4) is 0 Å². The van der Waals surface area contributed by atoms with Crippen LogP contribution in [0.5, 0.6) is 0 Å². The van der Waals surface area contributed by atoms with Crippen LogP contribution in [-0.2, 0) is 4.79 Å². The van der Waals surface area contributed by atoms with Gasteiger partial charge in [0, 0.05) is 25.2 Å². The maximum Gasteiger partial charge on any atom is 0.0953 e. The Kier molecular flexibility index (Phi) is 3.48. The van der Waals surface area contributed by atoms with Crippen molar-refractivity contribution in [2.24, 2.45) is 23.7 Å². The van der Waals surface area contributed by atoms with Gasteiger partial charge in [-0.15, -0.1) is 0 Å². The summed E-state index contributed by atoms with van der Waals surface area (Å²) in [5, 5.41) is 9.59. The van der Waals surface area contributed by atoms with E-state index in [1.807, 2.05) is 0 Å². The number of quaternary nitrogens is 1. The lowest BCUT2D eigenvalue weighted by atomic mass is 9.53.